The number of methoxy groups -OCH3 is 2. The maximum Gasteiger partial charge on any atom is 0.254 e. The molecule has 34 heavy (non-hydrogen) atoms. The summed E-state index contributed by atoms with van der Waals surface area (Å²) in [6.45, 7) is 0.339. The molecule has 1 atom stereocenters. The molecule has 3 aromatic rings. The van der Waals surface area contributed by atoms with Crippen molar-refractivity contribution < 1.29 is 22.7 Å². The number of nitrogens with zero attached hydrogens (tertiary/aromatic N) is 1. The molecule has 4 rings (SSSR count). The minimum Gasteiger partial charge on any atom is -0.493 e. The zero-order chi connectivity index (χ0) is 24.3. The van der Waals surface area contributed by atoms with E-state index in [1.54, 1.807) is 42.6 Å². The SMILES string of the molecule is C#CCNS(=O)(=O)c1cccc(C(=O)N2CCc3cc(OC)c(OC)cc3C2c2cccs2)c1. The van der Waals surface area contributed by atoms with E-state index in [4.69, 9.17) is 15.9 Å². The Morgan fingerprint density at radius 2 is 1.94 bits per heavy atom. The van der Waals surface area contributed by atoms with Gasteiger partial charge in [0, 0.05) is 17.0 Å². The van der Waals surface area contributed by atoms with Crippen molar-refractivity contribution in [3.05, 3.63) is 75.5 Å². The van der Waals surface area contributed by atoms with Gasteiger partial charge in [0.05, 0.1) is 31.7 Å². The number of amides is 1. The second-order valence-corrected chi connectivity index (χ2v) is 10.4. The molecule has 176 valence electrons. The van der Waals surface area contributed by atoms with E-state index in [2.05, 4.69) is 10.6 Å². The summed E-state index contributed by atoms with van der Waals surface area (Å²) >= 11 is 1.56. The summed E-state index contributed by atoms with van der Waals surface area (Å²) in [6.07, 6.45) is 5.81. The molecule has 9 heteroatoms. The third-order valence-corrected chi connectivity index (χ3v) is 8.03. The molecule has 1 aliphatic heterocycles. The fraction of sp³-hybridized carbons (Fsp3) is 0.240. The number of fused-ring (bicyclic) bond motifs is 1. The molecule has 0 radical (unpaired) electrons. The highest BCUT2D eigenvalue weighted by atomic mass is 32.2. The Balaban J connectivity index is 1.76. The summed E-state index contributed by atoms with van der Waals surface area (Å²) in [5, 5.41) is 1.97. The maximum absolute atomic E-state index is 13.7. The zero-order valence-corrected chi connectivity index (χ0v) is 20.4. The molecule has 1 aromatic heterocycles. The van der Waals surface area contributed by atoms with Crippen LogP contribution in [0.2, 0.25) is 0 Å². The van der Waals surface area contributed by atoms with Crippen molar-refractivity contribution in [2.45, 2.75) is 17.4 Å². The molecule has 2 heterocycles. The fourth-order valence-electron chi connectivity index (χ4n) is 4.10. The van der Waals surface area contributed by atoms with Gasteiger partial charge >= 0.3 is 0 Å². The topological polar surface area (TPSA) is 84.9 Å². The van der Waals surface area contributed by atoms with Crippen LogP contribution in [0.1, 0.15) is 32.4 Å². The molecule has 0 fully saturated rings. The summed E-state index contributed by atoms with van der Waals surface area (Å²) in [4.78, 5) is 16.5. The van der Waals surface area contributed by atoms with E-state index in [-0.39, 0.29) is 29.0 Å². The van der Waals surface area contributed by atoms with Crippen LogP contribution in [-0.2, 0) is 16.4 Å². The van der Waals surface area contributed by atoms with Crippen LogP contribution in [0.3, 0.4) is 0 Å². The number of terminal acetylenes is 1. The van der Waals surface area contributed by atoms with Crippen molar-refractivity contribution in [2.24, 2.45) is 0 Å². The van der Waals surface area contributed by atoms with Crippen LogP contribution in [0.4, 0.5) is 0 Å². The Bertz CT molecular complexity index is 1340. The van der Waals surface area contributed by atoms with Crippen LogP contribution in [-0.4, -0.2) is 46.5 Å². The molecule has 0 spiro atoms. The number of rotatable bonds is 7. The van der Waals surface area contributed by atoms with Crippen molar-refractivity contribution >= 4 is 27.3 Å². The average Bonchev–Trinajstić information content (AvgIpc) is 3.40. The summed E-state index contributed by atoms with van der Waals surface area (Å²) in [6, 6.07) is 13.5. The summed E-state index contributed by atoms with van der Waals surface area (Å²) in [5.41, 5.74) is 2.32. The van der Waals surface area contributed by atoms with Gasteiger partial charge in [-0.1, -0.05) is 18.1 Å². The maximum atomic E-state index is 13.7. The minimum absolute atomic E-state index is 0.00918. The third-order valence-electron chi connectivity index (χ3n) is 5.70. The second kappa shape index (κ2) is 9.89. The van der Waals surface area contributed by atoms with Gasteiger partial charge in [0.1, 0.15) is 0 Å². The molecule has 0 saturated carbocycles. The molecule has 2 aromatic carbocycles. The highest BCUT2D eigenvalue weighted by Crippen LogP contribution is 2.42. The molecule has 0 aliphatic carbocycles. The van der Waals surface area contributed by atoms with E-state index in [9.17, 15) is 13.2 Å². The highest BCUT2D eigenvalue weighted by Gasteiger charge is 2.34. The Hall–Kier alpha value is -3.32. The monoisotopic (exact) mass is 496 g/mol. The first-order valence-electron chi connectivity index (χ1n) is 10.5. The fourth-order valence-corrected chi connectivity index (χ4v) is 5.93. The van der Waals surface area contributed by atoms with Crippen molar-refractivity contribution in [1.29, 1.82) is 0 Å². The standard InChI is InChI=1S/C25H24N2O5S2/c1-4-11-26-34(29,30)19-8-5-7-18(14-19)25(28)27-12-10-17-15-21(31-2)22(32-3)16-20(17)24(27)23-9-6-13-33-23/h1,5-9,13-16,24,26H,10-12H2,2-3H3. The minimum atomic E-state index is -3.82. The predicted octanol–water partition coefficient (Wildman–Crippen LogP) is 3.46. The molecular formula is C25H24N2O5S2. The lowest BCUT2D eigenvalue weighted by atomic mass is 9.90. The number of carbonyl (C=O) groups excluding carboxylic acids is 1. The van der Waals surface area contributed by atoms with Crippen molar-refractivity contribution in [3.63, 3.8) is 0 Å². The van der Waals surface area contributed by atoms with Gasteiger partial charge in [0.15, 0.2) is 11.5 Å². The molecule has 1 aliphatic rings. The number of hydrogen-bond donors (Lipinski definition) is 1. The number of ether oxygens (including phenoxy) is 2. The second-order valence-electron chi connectivity index (χ2n) is 7.63. The molecule has 0 saturated heterocycles. The van der Waals surface area contributed by atoms with Crippen molar-refractivity contribution in [1.82, 2.24) is 9.62 Å². The van der Waals surface area contributed by atoms with Crippen molar-refractivity contribution in [3.8, 4) is 23.8 Å². The number of benzene rings is 2. The van der Waals surface area contributed by atoms with Gasteiger partial charge in [0.25, 0.3) is 5.91 Å². The summed E-state index contributed by atoms with van der Waals surface area (Å²) in [5.74, 6) is 3.22. The van der Waals surface area contributed by atoms with E-state index in [1.165, 1.54) is 12.1 Å². The Morgan fingerprint density at radius 3 is 2.62 bits per heavy atom. The largest absolute Gasteiger partial charge is 0.493 e. The smallest absolute Gasteiger partial charge is 0.254 e. The number of thiophene rings is 1. The Kier molecular flexibility index (Phi) is 6.93. The van der Waals surface area contributed by atoms with Gasteiger partial charge in [-0.15, -0.1) is 17.8 Å². The number of sulfonamides is 1. The van der Waals surface area contributed by atoms with Gasteiger partial charge in [0.2, 0.25) is 10.0 Å². The lowest BCUT2D eigenvalue weighted by Crippen LogP contribution is -2.40. The number of nitrogens with one attached hydrogen (secondary N) is 1. The Morgan fingerprint density at radius 1 is 1.18 bits per heavy atom. The molecular weight excluding hydrogens is 472 g/mol. The molecule has 0 bridgehead atoms. The first kappa shape index (κ1) is 23.8. The van der Waals surface area contributed by atoms with Gasteiger partial charge < -0.3 is 14.4 Å². The van der Waals surface area contributed by atoms with Gasteiger partial charge in [-0.25, -0.2) is 8.42 Å². The lowest BCUT2D eigenvalue weighted by Gasteiger charge is -2.37. The first-order valence-corrected chi connectivity index (χ1v) is 12.9. The van der Waals surface area contributed by atoms with E-state index in [0.29, 0.717) is 24.5 Å². The Labute approximate surface area is 203 Å². The highest BCUT2D eigenvalue weighted by molar-refractivity contribution is 7.89. The van der Waals surface area contributed by atoms with Gasteiger partial charge in [-0.3, -0.25) is 4.79 Å². The number of carbonyl (C=O) groups is 1. The molecule has 1 N–H and O–H groups in total. The number of hydrogen-bond acceptors (Lipinski definition) is 6. The zero-order valence-electron chi connectivity index (χ0n) is 18.8. The molecule has 1 unspecified atom stereocenters. The van der Waals surface area contributed by atoms with Crippen LogP contribution in [0, 0.1) is 12.3 Å². The normalized spacial score (nSPS) is 15.3. The van der Waals surface area contributed by atoms with E-state index >= 15 is 0 Å². The predicted molar refractivity (Wildman–Crippen MR) is 131 cm³/mol. The third kappa shape index (κ3) is 4.53. The van der Waals surface area contributed by atoms with Crippen LogP contribution in [0.5, 0.6) is 11.5 Å². The van der Waals surface area contributed by atoms with Crippen molar-refractivity contribution in [2.75, 3.05) is 27.3 Å². The van der Waals surface area contributed by atoms with Gasteiger partial charge in [-0.2, -0.15) is 4.72 Å². The quantitative estimate of drug-likeness (QED) is 0.507. The summed E-state index contributed by atoms with van der Waals surface area (Å²) in [7, 11) is -0.647. The van der Waals surface area contributed by atoms with Crippen LogP contribution in [0.25, 0.3) is 0 Å². The van der Waals surface area contributed by atoms with Gasteiger partial charge in [-0.05, 0) is 59.3 Å². The lowest BCUT2D eigenvalue weighted by molar-refractivity contribution is 0.0696. The van der Waals surface area contributed by atoms with E-state index < -0.39 is 10.0 Å². The molecule has 7 nitrogen and oxygen atoms in total. The van der Waals surface area contributed by atoms with E-state index in [0.717, 1.165) is 16.0 Å². The van der Waals surface area contributed by atoms with Crippen LogP contribution in [0.15, 0.2) is 58.8 Å². The summed E-state index contributed by atoms with van der Waals surface area (Å²) < 4.78 is 38.4. The average molecular weight is 497 g/mol. The molecule has 1 amide bonds. The van der Waals surface area contributed by atoms with Crippen LogP contribution < -0.4 is 14.2 Å². The first-order chi connectivity index (χ1) is 16.4. The van der Waals surface area contributed by atoms with E-state index in [1.807, 2.05) is 29.6 Å². The van der Waals surface area contributed by atoms with Crippen LogP contribution >= 0.6 is 11.3 Å².